The van der Waals surface area contributed by atoms with Crippen molar-refractivity contribution >= 4 is 17.9 Å². The first-order chi connectivity index (χ1) is 14.2. The summed E-state index contributed by atoms with van der Waals surface area (Å²) in [5, 5.41) is 0. The van der Waals surface area contributed by atoms with Crippen molar-refractivity contribution in [2.24, 2.45) is 5.92 Å². The van der Waals surface area contributed by atoms with Crippen LogP contribution in [0.3, 0.4) is 0 Å². The van der Waals surface area contributed by atoms with Gasteiger partial charge in [0.25, 0.3) is 0 Å². The lowest BCUT2D eigenvalue weighted by atomic mass is 9.83. The van der Waals surface area contributed by atoms with Crippen molar-refractivity contribution in [3.05, 3.63) is 24.5 Å². The number of amides is 1. The largest absolute Gasteiger partial charge is 0.444 e. The van der Waals surface area contributed by atoms with E-state index < -0.39 is 11.3 Å². The average Bonchev–Trinajstić information content (AvgIpc) is 2.91. The second-order valence-corrected chi connectivity index (χ2v) is 11.2. The van der Waals surface area contributed by atoms with Gasteiger partial charge < -0.3 is 9.47 Å². The van der Waals surface area contributed by atoms with E-state index >= 15 is 0 Å². The number of carbonyl (C=O) groups excluding carboxylic acids is 1. The van der Waals surface area contributed by atoms with E-state index in [1.54, 1.807) is 0 Å². The van der Waals surface area contributed by atoms with E-state index in [4.69, 9.17) is 9.47 Å². The Kier molecular flexibility index (Phi) is 7.72. The smallest absolute Gasteiger partial charge is 0.412 e. The van der Waals surface area contributed by atoms with Gasteiger partial charge in [0.05, 0.1) is 12.1 Å². The zero-order chi connectivity index (χ0) is 21.8. The molecule has 1 aliphatic heterocycles. The molecule has 1 amide bonds. The van der Waals surface area contributed by atoms with Crippen molar-refractivity contribution in [1.82, 2.24) is 9.88 Å². The molecule has 1 saturated carbocycles. The molecule has 5 nitrogen and oxygen atoms in total. The Hall–Kier alpha value is -1.27. The van der Waals surface area contributed by atoms with Gasteiger partial charge in [-0.2, -0.15) is 0 Å². The van der Waals surface area contributed by atoms with Crippen molar-refractivity contribution in [3.8, 4) is 0 Å². The number of aromatic nitrogens is 1. The monoisotopic (exact) mass is 434 g/mol. The molecule has 30 heavy (non-hydrogen) atoms. The molecule has 3 rings (SSSR count). The number of hydrogen-bond acceptors (Lipinski definition) is 5. The minimum atomic E-state index is -0.659. The van der Waals surface area contributed by atoms with Gasteiger partial charge in [0.1, 0.15) is 11.3 Å². The van der Waals surface area contributed by atoms with Gasteiger partial charge in [-0.15, -0.1) is 11.8 Å². The second-order valence-electron chi connectivity index (χ2n) is 10.1. The molecule has 2 heterocycles. The molecule has 6 heteroatoms. The highest BCUT2D eigenvalue weighted by Gasteiger charge is 2.51. The highest BCUT2D eigenvalue weighted by molar-refractivity contribution is 7.99. The zero-order valence-corrected chi connectivity index (χ0v) is 20.0. The standard InChI is InChI=1S/C24H38N2O3S/c1-23(2,3)29-22(27)26-20(17-18-9-7-6-8-10-18)21(28-24(26,4)5)13-16-30-19-11-14-25-15-12-19/h11-12,14-15,18,20-21H,6-10,13,16-17H2,1-5H3/t20-,21-/m0/s1. The third-order valence-corrected chi connectivity index (χ3v) is 7.04. The van der Waals surface area contributed by atoms with Crippen LogP contribution in [0.1, 0.15) is 79.6 Å². The molecule has 1 saturated heterocycles. The van der Waals surface area contributed by atoms with E-state index in [1.807, 2.05) is 75.8 Å². The zero-order valence-electron chi connectivity index (χ0n) is 19.2. The summed E-state index contributed by atoms with van der Waals surface area (Å²) in [6.45, 7) is 9.77. The molecule has 0 bridgehead atoms. The van der Waals surface area contributed by atoms with Crippen molar-refractivity contribution in [1.29, 1.82) is 0 Å². The van der Waals surface area contributed by atoms with Crippen LogP contribution < -0.4 is 0 Å². The summed E-state index contributed by atoms with van der Waals surface area (Å²) in [4.78, 5) is 20.4. The van der Waals surface area contributed by atoms with E-state index in [1.165, 1.54) is 37.0 Å². The minimum absolute atomic E-state index is 0.0313. The summed E-state index contributed by atoms with van der Waals surface area (Å²) in [7, 11) is 0. The molecule has 168 valence electrons. The van der Waals surface area contributed by atoms with Gasteiger partial charge in [-0.25, -0.2) is 4.79 Å². The molecule has 0 aromatic carbocycles. The summed E-state index contributed by atoms with van der Waals surface area (Å²) >= 11 is 1.82. The molecular formula is C24H38N2O3S. The highest BCUT2D eigenvalue weighted by atomic mass is 32.2. The van der Waals surface area contributed by atoms with Crippen molar-refractivity contribution in [2.75, 3.05) is 5.75 Å². The van der Waals surface area contributed by atoms with E-state index in [0.29, 0.717) is 5.92 Å². The maximum Gasteiger partial charge on any atom is 0.412 e. The van der Waals surface area contributed by atoms with Gasteiger partial charge in [-0.1, -0.05) is 32.1 Å². The molecule has 0 radical (unpaired) electrons. The van der Waals surface area contributed by atoms with Crippen LogP contribution in [0.15, 0.2) is 29.4 Å². The third kappa shape index (κ3) is 6.36. The molecule has 2 fully saturated rings. The lowest BCUT2D eigenvalue weighted by Gasteiger charge is -2.37. The van der Waals surface area contributed by atoms with Crippen LogP contribution in [0.5, 0.6) is 0 Å². The van der Waals surface area contributed by atoms with Crippen molar-refractivity contribution in [2.45, 2.75) is 108 Å². The summed E-state index contributed by atoms with van der Waals surface area (Å²) in [6.07, 6.45) is 11.8. The number of rotatable bonds is 6. The topological polar surface area (TPSA) is 51.7 Å². The summed E-state index contributed by atoms with van der Waals surface area (Å²) in [6, 6.07) is 4.14. The Morgan fingerprint density at radius 2 is 1.90 bits per heavy atom. The summed E-state index contributed by atoms with van der Waals surface area (Å²) in [5.41, 5.74) is -1.18. The fourth-order valence-electron chi connectivity index (χ4n) is 4.74. The van der Waals surface area contributed by atoms with Crippen LogP contribution in [0.25, 0.3) is 0 Å². The average molecular weight is 435 g/mol. The van der Waals surface area contributed by atoms with Gasteiger partial charge in [0.15, 0.2) is 0 Å². The lowest BCUT2D eigenvalue weighted by molar-refractivity contribution is -0.0790. The van der Waals surface area contributed by atoms with Crippen LogP contribution in [0, 0.1) is 5.92 Å². The predicted octanol–water partition coefficient (Wildman–Crippen LogP) is 6.27. The van der Waals surface area contributed by atoms with Crippen LogP contribution in [0.4, 0.5) is 4.79 Å². The Labute approximate surface area is 186 Å². The predicted molar refractivity (Wildman–Crippen MR) is 122 cm³/mol. The lowest BCUT2D eigenvalue weighted by Crippen LogP contribution is -2.50. The maximum atomic E-state index is 13.2. The van der Waals surface area contributed by atoms with Crippen LogP contribution >= 0.6 is 11.8 Å². The molecule has 1 aliphatic carbocycles. The van der Waals surface area contributed by atoms with E-state index in [0.717, 1.165) is 18.6 Å². The third-order valence-electron chi connectivity index (χ3n) is 5.99. The second kappa shape index (κ2) is 9.90. The number of carbonyl (C=O) groups is 1. The van der Waals surface area contributed by atoms with Gasteiger partial charge >= 0.3 is 6.09 Å². The SMILES string of the molecule is CC(C)(C)OC(=O)N1[C@@H](CC2CCCCC2)[C@H](CCSc2ccncc2)OC1(C)C. The molecular weight excluding hydrogens is 396 g/mol. The molecule has 1 aromatic rings. The minimum Gasteiger partial charge on any atom is -0.444 e. The molecule has 2 aliphatic rings. The van der Waals surface area contributed by atoms with Gasteiger partial charge in [0, 0.05) is 23.0 Å². The Morgan fingerprint density at radius 1 is 1.23 bits per heavy atom. The summed E-state index contributed by atoms with van der Waals surface area (Å²) < 4.78 is 12.3. The van der Waals surface area contributed by atoms with Crippen LogP contribution in [-0.4, -0.2) is 45.2 Å². The first-order valence-corrected chi connectivity index (χ1v) is 12.4. The molecule has 0 N–H and O–H groups in total. The summed E-state index contributed by atoms with van der Waals surface area (Å²) in [5.74, 6) is 1.62. The van der Waals surface area contributed by atoms with Gasteiger partial charge in [0.2, 0.25) is 0 Å². The van der Waals surface area contributed by atoms with Crippen LogP contribution in [-0.2, 0) is 9.47 Å². The van der Waals surface area contributed by atoms with E-state index in [-0.39, 0.29) is 18.2 Å². The fourth-order valence-corrected chi connectivity index (χ4v) is 5.64. The van der Waals surface area contributed by atoms with Gasteiger partial charge in [-0.3, -0.25) is 9.88 Å². The van der Waals surface area contributed by atoms with E-state index in [2.05, 4.69) is 4.98 Å². The Balaban J connectivity index is 1.72. The molecule has 0 spiro atoms. The molecule has 0 unspecified atom stereocenters. The number of hydrogen-bond donors (Lipinski definition) is 0. The molecule has 1 aromatic heterocycles. The number of ether oxygens (including phenoxy) is 2. The maximum absolute atomic E-state index is 13.2. The fraction of sp³-hybridized carbons (Fsp3) is 0.750. The number of thioether (sulfide) groups is 1. The normalized spacial score (nSPS) is 24.8. The Morgan fingerprint density at radius 3 is 2.53 bits per heavy atom. The molecule has 2 atom stereocenters. The van der Waals surface area contributed by atoms with E-state index in [9.17, 15) is 4.79 Å². The first kappa shape index (κ1) is 23.4. The first-order valence-electron chi connectivity index (χ1n) is 11.4. The van der Waals surface area contributed by atoms with Crippen molar-refractivity contribution < 1.29 is 14.3 Å². The Bertz CT molecular complexity index is 683. The number of pyridine rings is 1. The highest BCUT2D eigenvalue weighted by Crippen LogP contribution is 2.40. The quantitative estimate of drug-likeness (QED) is 0.494. The van der Waals surface area contributed by atoms with Crippen molar-refractivity contribution in [3.63, 3.8) is 0 Å². The number of nitrogens with zero attached hydrogens (tertiary/aromatic N) is 2. The van der Waals surface area contributed by atoms with Crippen LogP contribution in [0.2, 0.25) is 0 Å². The van der Waals surface area contributed by atoms with Gasteiger partial charge in [-0.05, 0) is 65.5 Å².